The van der Waals surface area contributed by atoms with E-state index in [2.05, 4.69) is 27.8 Å². The second kappa shape index (κ2) is 6.75. The van der Waals surface area contributed by atoms with Gasteiger partial charge >= 0.3 is 0 Å². The zero-order valence-electron chi connectivity index (χ0n) is 11.4. The molecule has 20 heavy (non-hydrogen) atoms. The van der Waals surface area contributed by atoms with Crippen molar-refractivity contribution in [2.75, 3.05) is 17.2 Å². The summed E-state index contributed by atoms with van der Waals surface area (Å²) in [6.45, 7) is 3.63. The van der Waals surface area contributed by atoms with Gasteiger partial charge in [-0.15, -0.1) is 0 Å². The van der Waals surface area contributed by atoms with Gasteiger partial charge in [0.05, 0.1) is 11.4 Å². The number of nitrogen functional groups attached to an aromatic ring is 1. The van der Waals surface area contributed by atoms with Crippen LogP contribution in [0.15, 0.2) is 46.9 Å². The van der Waals surface area contributed by atoms with Gasteiger partial charge < -0.3 is 10.6 Å². The minimum absolute atomic E-state index is 0.230. The summed E-state index contributed by atoms with van der Waals surface area (Å²) in [7, 11) is 0. The molecule has 2 aromatic carbocycles. The van der Waals surface area contributed by atoms with Gasteiger partial charge in [0.25, 0.3) is 0 Å². The lowest BCUT2D eigenvalue weighted by Crippen LogP contribution is -2.24. The van der Waals surface area contributed by atoms with Crippen LogP contribution >= 0.6 is 15.9 Å². The lowest BCUT2D eigenvalue weighted by atomic mass is 10.1. The second-order valence-electron chi connectivity index (χ2n) is 4.76. The number of rotatable bonds is 5. The molecule has 2 aromatic rings. The van der Waals surface area contributed by atoms with E-state index in [0.717, 1.165) is 34.4 Å². The van der Waals surface area contributed by atoms with Gasteiger partial charge in [0.1, 0.15) is 5.82 Å². The highest BCUT2D eigenvalue weighted by molar-refractivity contribution is 9.10. The molecule has 0 aromatic heterocycles. The highest BCUT2D eigenvalue weighted by Crippen LogP contribution is 2.25. The number of hydrogen-bond donors (Lipinski definition) is 1. The first kappa shape index (κ1) is 14.9. The Labute approximate surface area is 127 Å². The molecule has 0 spiro atoms. The first-order chi connectivity index (χ1) is 9.60. The van der Waals surface area contributed by atoms with Crippen LogP contribution in [-0.2, 0) is 6.54 Å². The van der Waals surface area contributed by atoms with Crippen LogP contribution in [0.25, 0.3) is 0 Å². The lowest BCUT2D eigenvalue weighted by molar-refractivity contribution is 0.623. The standard InChI is InChI=1S/C16H18BrFN2/c1-2-7-20(16-6-4-3-5-15(16)19)11-12-8-13(17)10-14(18)9-12/h3-6,8-10H,2,7,11,19H2,1H3. The molecule has 0 atom stereocenters. The molecular weight excluding hydrogens is 319 g/mol. The third-order valence-electron chi connectivity index (χ3n) is 3.07. The molecule has 2 N–H and O–H groups in total. The van der Waals surface area contributed by atoms with Gasteiger partial charge in [-0.3, -0.25) is 0 Å². The third kappa shape index (κ3) is 3.73. The number of halogens is 2. The maximum atomic E-state index is 13.5. The fourth-order valence-electron chi connectivity index (χ4n) is 2.25. The van der Waals surface area contributed by atoms with Crippen LogP contribution in [0.1, 0.15) is 18.9 Å². The SMILES string of the molecule is CCCN(Cc1cc(F)cc(Br)c1)c1ccccc1N. The van der Waals surface area contributed by atoms with Gasteiger partial charge in [-0.1, -0.05) is 35.0 Å². The van der Waals surface area contributed by atoms with E-state index in [1.165, 1.54) is 6.07 Å². The first-order valence-corrected chi connectivity index (χ1v) is 7.44. The van der Waals surface area contributed by atoms with Gasteiger partial charge in [0.15, 0.2) is 0 Å². The maximum absolute atomic E-state index is 13.5. The summed E-state index contributed by atoms with van der Waals surface area (Å²) in [4.78, 5) is 2.18. The van der Waals surface area contributed by atoms with E-state index in [-0.39, 0.29) is 5.82 Å². The van der Waals surface area contributed by atoms with Gasteiger partial charge in [-0.05, 0) is 42.3 Å². The number of hydrogen-bond acceptors (Lipinski definition) is 2. The van der Waals surface area contributed by atoms with E-state index in [0.29, 0.717) is 6.54 Å². The van der Waals surface area contributed by atoms with Crippen molar-refractivity contribution >= 4 is 27.3 Å². The Hall–Kier alpha value is -1.55. The average Bonchev–Trinajstić information content (AvgIpc) is 2.37. The van der Waals surface area contributed by atoms with Crippen molar-refractivity contribution in [3.8, 4) is 0 Å². The van der Waals surface area contributed by atoms with Crippen LogP contribution in [-0.4, -0.2) is 6.54 Å². The number of anilines is 2. The van der Waals surface area contributed by atoms with Crippen molar-refractivity contribution < 1.29 is 4.39 Å². The summed E-state index contributed by atoms with van der Waals surface area (Å²) in [5.74, 6) is -0.230. The van der Waals surface area contributed by atoms with Crippen molar-refractivity contribution in [2.24, 2.45) is 0 Å². The van der Waals surface area contributed by atoms with E-state index in [1.807, 2.05) is 30.3 Å². The molecule has 106 valence electrons. The zero-order valence-corrected chi connectivity index (χ0v) is 13.0. The van der Waals surface area contributed by atoms with Crippen LogP contribution < -0.4 is 10.6 Å². The van der Waals surface area contributed by atoms with E-state index in [4.69, 9.17) is 5.73 Å². The largest absolute Gasteiger partial charge is 0.397 e. The molecular formula is C16H18BrFN2. The Morgan fingerprint density at radius 2 is 1.95 bits per heavy atom. The summed E-state index contributed by atoms with van der Waals surface area (Å²) in [5, 5.41) is 0. The zero-order chi connectivity index (χ0) is 14.5. The molecule has 0 saturated heterocycles. The first-order valence-electron chi connectivity index (χ1n) is 6.64. The Balaban J connectivity index is 2.28. The number of benzene rings is 2. The van der Waals surface area contributed by atoms with Gasteiger partial charge in [-0.25, -0.2) is 4.39 Å². The van der Waals surface area contributed by atoms with Crippen molar-refractivity contribution in [1.29, 1.82) is 0 Å². The molecule has 0 saturated carbocycles. The topological polar surface area (TPSA) is 29.3 Å². The van der Waals surface area contributed by atoms with Gasteiger partial charge in [-0.2, -0.15) is 0 Å². The van der Waals surface area contributed by atoms with Crippen LogP contribution in [0.3, 0.4) is 0 Å². The van der Waals surface area contributed by atoms with Crippen molar-refractivity contribution in [2.45, 2.75) is 19.9 Å². The molecule has 0 aliphatic heterocycles. The monoisotopic (exact) mass is 336 g/mol. The Kier molecular flexibility index (Phi) is 5.01. The smallest absolute Gasteiger partial charge is 0.124 e. The fraction of sp³-hybridized carbons (Fsp3) is 0.250. The molecule has 0 aliphatic carbocycles. The van der Waals surface area contributed by atoms with Crippen molar-refractivity contribution in [1.82, 2.24) is 0 Å². The molecule has 0 bridgehead atoms. The van der Waals surface area contributed by atoms with Crippen LogP contribution in [0.5, 0.6) is 0 Å². The normalized spacial score (nSPS) is 10.6. The molecule has 0 unspecified atom stereocenters. The quantitative estimate of drug-likeness (QED) is 0.809. The summed E-state index contributed by atoms with van der Waals surface area (Å²) >= 11 is 3.33. The summed E-state index contributed by atoms with van der Waals surface area (Å²) < 4.78 is 14.2. The summed E-state index contributed by atoms with van der Waals surface area (Å²) in [6.07, 6.45) is 1.00. The minimum Gasteiger partial charge on any atom is -0.397 e. The average molecular weight is 337 g/mol. The highest BCUT2D eigenvalue weighted by atomic mass is 79.9. The lowest BCUT2D eigenvalue weighted by Gasteiger charge is -2.26. The predicted molar refractivity (Wildman–Crippen MR) is 86.3 cm³/mol. The maximum Gasteiger partial charge on any atom is 0.124 e. The number of nitrogens with zero attached hydrogens (tertiary/aromatic N) is 1. The van der Waals surface area contributed by atoms with Crippen molar-refractivity contribution in [3.63, 3.8) is 0 Å². The van der Waals surface area contributed by atoms with Gasteiger partial charge in [0, 0.05) is 17.6 Å². The van der Waals surface area contributed by atoms with E-state index in [9.17, 15) is 4.39 Å². The Morgan fingerprint density at radius 3 is 2.60 bits per heavy atom. The third-order valence-corrected chi connectivity index (χ3v) is 3.52. The molecule has 0 amide bonds. The summed E-state index contributed by atoms with van der Waals surface area (Å²) in [6, 6.07) is 12.7. The van der Waals surface area contributed by atoms with Crippen LogP contribution in [0, 0.1) is 5.82 Å². The van der Waals surface area contributed by atoms with Crippen LogP contribution in [0.4, 0.5) is 15.8 Å². The number of para-hydroxylation sites is 2. The minimum atomic E-state index is -0.230. The van der Waals surface area contributed by atoms with E-state index in [1.54, 1.807) is 6.07 Å². The second-order valence-corrected chi connectivity index (χ2v) is 5.67. The molecule has 4 heteroatoms. The number of nitrogens with two attached hydrogens (primary N) is 1. The molecule has 2 rings (SSSR count). The van der Waals surface area contributed by atoms with E-state index < -0.39 is 0 Å². The van der Waals surface area contributed by atoms with Gasteiger partial charge in [0.2, 0.25) is 0 Å². The summed E-state index contributed by atoms with van der Waals surface area (Å²) in [5.41, 5.74) is 8.71. The molecule has 0 fully saturated rings. The molecule has 2 nitrogen and oxygen atoms in total. The predicted octanol–water partition coefficient (Wildman–Crippen LogP) is 4.59. The fourth-order valence-corrected chi connectivity index (χ4v) is 2.77. The Bertz CT molecular complexity index is 566. The Morgan fingerprint density at radius 1 is 1.20 bits per heavy atom. The highest BCUT2D eigenvalue weighted by Gasteiger charge is 2.10. The van der Waals surface area contributed by atoms with Crippen LogP contribution in [0.2, 0.25) is 0 Å². The molecule has 0 heterocycles. The van der Waals surface area contributed by atoms with E-state index >= 15 is 0 Å². The molecule has 0 radical (unpaired) electrons. The van der Waals surface area contributed by atoms with Crippen molar-refractivity contribution in [3.05, 3.63) is 58.3 Å². The molecule has 0 aliphatic rings.